The third-order valence-corrected chi connectivity index (χ3v) is 3.33. The molecule has 0 aliphatic carbocycles. The number of aliphatic hydroxyl groups is 1. The van der Waals surface area contributed by atoms with Crippen LogP contribution in [0.25, 0.3) is 0 Å². The van der Waals surface area contributed by atoms with Crippen molar-refractivity contribution >= 4 is 0 Å². The second-order valence-electron chi connectivity index (χ2n) is 5.70. The highest BCUT2D eigenvalue weighted by Crippen LogP contribution is 2.05. The summed E-state index contributed by atoms with van der Waals surface area (Å²) >= 11 is 0. The van der Waals surface area contributed by atoms with Crippen molar-refractivity contribution in [3.8, 4) is 0 Å². The van der Waals surface area contributed by atoms with Crippen molar-refractivity contribution in [2.45, 2.75) is 39.4 Å². The molecule has 1 heterocycles. The Morgan fingerprint density at radius 2 is 2.00 bits per heavy atom. The molecule has 0 radical (unpaired) electrons. The van der Waals surface area contributed by atoms with Crippen LogP contribution >= 0.6 is 0 Å². The van der Waals surface area contributed by atoms with E-state index in [-0.39, 0.29) is 12.6 Å². The van der Waals surface area contributed by atoms with Crippen LogP contribution in [-0.4, -0.2) is 32.5 Å². The Morgan fingerprint density at radius 3 is 2.67 bits per heavy atom. The Labute approximate surface area is 126 Å². The molecule has 0 bridgehead atoms. The van der Waals surface area contributed by atoms with E-state index in [2.05, 4.69) is 41.4 Å². The number of rotatable bonds is 8. The van der Waals surface area contributed by atoms with Gasteiger partial charge in [0.05, 0.1) is 13.2 Å². The zero-order chi connectivity index (χ0) is 15.1. The van der Waals surface area contributed by atoms with E-state index >= 15 is 0 Å². The lowest BCUT2D eigenvalue weighted by molar-refractivity contribution is 0.239. The number of nitrogens with one attached hydrogen (secondary N) is 1. The first-order valence-corrected chi connectivity index (χ1v) is 7.44. The molecule has 2 rings (SSSR count). The maximum Gasteiger partial charge on any atom is 0.140 e. The lowest BCUT2D eigenvalue weighted by Gasteiger charge is -2.16. The van der Waals surface area contributed by atoms with Crippen LogP contribution in [0.3, 0.4) is 0 Å². The van der Waals surface area contributed by atoms with Gasteiger partial charge in [0.15, 0.2) is 0 Å². The number of aromatic nitrogens is 3. The zero-order valence-corrected chi connectivity index (χ0v) is 12.7. The molecule has 1 unspecified atom stereocenters. The molecule has 1 aromatic heterocycles. The fraction of sp³-hybridized carbons (Fsp3) is 0.500. The minimum atomic E-state index is 0.0246. The van der Waals surface area contributed by atoms with Gasteiger partial charge < -0.3 is 10.4 Å². The van der Waals surface area contributed by atoms with Gasteiger partial charge in [0, 0.05) is 12.6 Å². The van der Waals surface area contributed by atoms with Gasteiger partial charge in [-0.25, -0.2) is 9.67 Å². The van der Waals surface area contributed by atoms with E-state index < -0.39 is 0 Å². The van der Waals surface area contributed by atoms with Gasteiger partial charge in [0.25, 0.3) is 0 Å². The smallest absolute Gasteiger partial charge is 0.140 e. The number of aliphatic hydroxyl groups excluding tert-OH is 1. The van der Waals surface area contributed by atoms with Crippen LogP contribution in [0.5, 0.6) is 0 Å². The average molecular weight is 288 g/mol. The number of nitrogens with zero attached hydrogens (tertiary/aromatic N) is 3. The van der Waals surface area contributed by atoms with Gasteiger partial charge in [0.1, 0.15) is 12.2 Å². The van der Waals surface area contributed by atoms with E-state index in [0.717, 1.165) is 18.8 Å². The van der Waals surface area contributed by atoms with Gasteiger partial charge in [-0.2, -0.15) is 5.10 Å². The van der Waals surface area contributed by atoms with E-state index in [1.54, 1.807) is 6.33 Å². The van der Waals surface area contributed by atoms with Crippen LogP contribution in [0, 0.1) is 5.92 Å². The van der Waals surface area contributed by atoms with Crippen molar-refractivity contribution in [2.75, 3.05) is 6.61 Å². The Kier molecular flexibility index (Phi) is 5.90. The molecule has 0 saturated heterocycles. The van der Waals surface area contributed by atoms with Gasteiger partial charge in [-0.05, 0) is 17.9 Å². The summed E-state index contributed by atoms with van der Waals surface area (Å²) in [5, 5.41) is 17.1. The standard InChI is InChI=1S/C16H24N4O/c1-13(2)10-20-16(18-12-19-20)9-17-15(11-21)8-14-6-4-3-5-7-14/h3-7,12-13,15,17,21H,8-11H2,1-2H3. The van der Waals surface area contributed by atoms with Crippen LogP contribution in [0.1, 0.15) is 25.2 Å². The summed E-state index contributed by atoms with van der Waals surface area (Å²) in [7, 11) is 0. The first-order valence-electron chi connectivity index (χ1n) is 7.44. The lowest BCUT2D eigenvalue weighted by atomic mass is 10.1. The molecule has 5 heteroatoms. The topological polar surface area (TPSA) is 63.0 Å². The van der Waals surface area contributed by atoms with Gasteiger partial charge in [0.2, 0.25) is 0 Å². The molecule has 2 aromatic rings. The molecule has 0 aliphatic heterocycles. The second-order valence-corrected chi connectivity index (χ2v) is 5.70. The van der Waals surface area contributed by atoms with E-state index in [4.69, 9.17) is 0 Å². The zero-order valence-electron chi connectivity index (χ0n) is 12.7. The van der Waals surface area contributed by atoms with Gasteiger partial charge >= 0.3 is 0 Å². The quantitative estimate of drug-likeness (QED) is 0.775. The molecule has 0 fully saturated rings. The summed E-state index contributed by atoms with van der Waals surface area (Å²) in [5.41, 5.74) is 1.22. The van der Waals surface area contributed by atoms with Crippen molar-refractivity contribution < 1.29 is 5.11 Å². The predicted octanol–water partition coefficient (Wildman–Crippen LogP) is 1.63. The second kappa shape index (κ2) is 7.90. The summed E-state index contributed by atoms with van der Waals surface area (Å²) < 4.78 is 1.93. The maximum absolute atomic E-state index is 9.53. The third-order valence-electron chi connectivity index (χ3n) is 3.33. The van der Waals surface area contributed by atoms with Crippen molar-refractivity contribution in [1.29, 1.82) is 0 Å². The Hall–Kier alpha value is -1.72. The highest BCUT2D eigenvalue weighted by molar-refractivity contribution is 5.15. The molecule has 2 N–H and O–H groups in total. The summed E-state index contributed by atoms with van der Waals surface area (Å²) in [4.78, 5) is 4.29. The molecule has 0 saturated carbocycles. The number of benzene rings is 1. The van der Waals surface area contributed by atoms with Crippen molar-refractivity contribution in [2.24, 2.45) is 5.92 Å². The molecule has 21 heavy (non-hydrogen) atoms. The fourth-order valence-electron chi connectivity index (χ4n) is 2.26. The average Bonchev–Trinajstić information content (AvgIpc) is 2.91. The van der Waals surface area contributed by atoms with Crippen molar-refractivity contribution in [1.82, 2.24) is 20.1 Å². The summed E-state index contributed by atoms with van der Waals surface area (Å²) in [5.74, 6) is 1.44. The normalized spacial score (nSPS) is 12.8. The lowest BCUT2D eigenvalue weighted by Crippen LogP contribution is -2.35. The summed E-state index contributed by atoms with van der Waals surface area (Å²) in [6.07, 6.45) is 2.39. The van der Waals surface area contributed by atoms with Gasteiger partial charge in [-0.3, -0.25) is 0 Å². The molecule has 5 nitrogen and oxygen atoms in total. The first kappa shape index (κ1) is 15.7. The monoisotopic (exact) mass is 288 g/mol. The van der Waals surface area contributed by atoms with Crippen LogP contribution in [0.4, 0.5) is 0 Å². The van der Waals surface area contributed by atoms with Crippen molar-refractivity contribution in [3.05, 3.63) is 48.0 Å². The number of hydrogen-bond acceptors (Lipinski definition) is 4. The maximum atomic E-state index is 9.53. The Bertz CT molecular complexity index is 524. The number of hydrogen-bond donors (Lipinski definition) is 2. The highest BCUT2D eigenvalue weighted by Gasteiger charge is 2.11. The summed E-state index contributed by atoms with van der Waals surface area (Å²) in [6.45, 7) is 5.90. The van der Waals surface area contributed by atoms with Crippen LogP contribution in [0.15, 0.2) is 36.7 Å². The fourth-order valence-corrected chi connectivity index (χ4v) is 2.26. The predicted molar refractivity (Wildman–Crippen MR) is 82.7 cm³/mol. The van der Waals surface area contributed by atoms with Crippen LogP contribution in [0.2, 0.25) is 0 Å². The molecular formula is C16H24N4O. The van der Waals surface area contributed by atoms with Gasteiger partial charge in [-0.15, -0.1) is 0 Å². The Balaban J connectivity index is 1.90. The van der Waals surface area contributed by atoms with E-state index in [9.17, 15) is 5.11 Å². The van der Waals surface area contributed by atoms with E-state index in [1.807, 2.05) is 22.9 Å². The molecule has 114 valence electrons. The summed E-state index contributed by atoms with van der Waals surface area (Å²) in [6, 6.07) is 10.2. The first-order chi connectivity index (χ1) is 10.2. The van der Waals surface area contributed by atoms with Crippen LogP contribution in [-0.2, 0) is 19.5 Å². The molecular weight excluding hydrogens is 264 g/mol. The molecule has 0 aliphatic rings. The Morgan fingerprint density at radius 1 is 1.24 bits per heavy atom. The highest BCUT2D eigenvalue weighted by atomic mass is 16.3. The SMILES string of the molecule is CC(C)Cn1ncnc1CNC(CO)Cc1ccccc1. The minimum absolute atomic E-state index is 0.0246. The molecule has 0 amide bonds. The van der Waals surface area contributed by atoms with Crippen molar-refractivity contribution in [3.63, 3.8) is 0 Å². The van der Waals surface area contributed by atoms with E-state index in [1.165, 1.54) is 5.56 Å². The largest absolute Gasteiger partial charge is 0.395 e. The minimum Gasteiger partial charge on any atom is -0.395 e. The van der Waals surface area contributed by atoms with E-state index in [0.29, 0.717) is 12.5 Å². The molecule has 1 atom stereocenters. The van der Waals surface area contributed by atoms with Crippen LogP contribution < -0.4 is 5.32 Å². The molecule has 1 aromatic carbocycles. The van der Waals surface area contributed by atoms with Gasteiger partial charge in [-0.1, -0.05) is 44.2 Å². The third kappa shape index (κ3) is 4.95. The molecule has 0 spiro atoms.